The van der Waals surface area contributed by atoms with Gasteiger partial charge in [-0.1, -0.05) is 95.0 Å². The second-order valence-corrected chi connectivity index (χ2v) is 9.22. The minimum Gasteiger partial charge on any atom is -0.364 e. The van der Waals surface area contributed by atoms with Crippen molar-refractivity contribution in [2.45, 2.75) is 26.6 Å². The van der Waals surface area contributed by atoms with Gasteiger partial charge >= 0.3 is 6.18 Å². The number of hydrogen-bond donors (Lipinski definition) is 3. The molecule has 1 atom stereocenters. The number of amides is 1. The number of carbonyl (C=O) groups excluding carboxylic acids is 2. The summed E-state index contributed by atoms with van der Waals surface area (Å²) in [5, 5.41) is 6.40. The highest BCUT2D eigenvalue weighted by atomic mass is 35.5. The standard InChI is InChI=1S/C18H14ClF3N2O.C9H13N.C2H5OP/c1-11(12-6-8-14(9-7-12)18(20,21)22)24-16(17(23)25)10-13-4-2-3-5-15(13)19;1-2-10-8-9-6-4-3-5-7-9;1-2(3)4/h2-10,24H,1H2,(H2,23,25);3-7,10H,2,8H2,1H3;4H2,1H3/b16-10+;;. The molecule has 0 aliphatic rings. The second-order valence-electron chi connectivity index (χ2n) is 8.00. The summed E-state index contributed by atoms with van der Waals surface area (Å²) in [6.45, 7) is 9.35. The third kappa shape index (κ3) is 13.8. The highest BCUT2D eigenvalue weighted by Gasteiger charge is 2.30. The number of halogens is 4. The topological polar surface area (TPSA) is 84.2 Å². The molecule has 3 rings (SSSR count). The van der Waals surface area contributed by atoms with E-state index in [0.29, 0.717) is 16.1 Å². The Balaban J connectivity index is 0.000000446. The van der Waals surface area contributed by atoms with Crippen LogP contribution in [0.2, 0.25) is 5.02 Å². The summed E-state index contributed by atoms with van der Waals surface area (Å²) in [7, 11) is 2.02. The zero-order valence-corrected chi connectivity index (χ0v) is 23.6. The van der Waals surface area contributed by atoms with E-state index in [9.17, 15) is 22.8 Å². The molecule has 0 saturated carbocycles. The molecule has 208 valence electrons. The first-order chi connectivity index (χ1) is 18.3. The molecule has 3 aromatic rings. The minimum absolute atomic E-state index is 0.0120. The van der Waals surface area contributed by atoms with Gasteiger partial charge in [-0.3, -0.25) is 9.59 Å². The zero-order valence-electron chi connectivity index (χ0n) is 21.7. The van der Waals surface area contributed by atoms with Gasteiger partial charge in [0.05, 0.1) is 5.56 Å². The predicted octanol–water partition coefficient (Wildman–Crippen LogP) is 6.65. The molecule has 4 N–H and O–H groups in total. The smallest absolute Gasteiger partial charge is 0.364 e. The number of nitrogens with two attached hydrogens (primary N) is 1. The lowest BCUT2D eigenvalue weighted by Gasteiger charge is -2.13. The van der Waals surface area contributed by atoms with E-state index in [1.54, 1.807) is 24.3 Å². The molecule has 3 aromatic carbocycles. The molecule has 0 fully saturated rings. The van der Waals surface area contributed by atoms with Crippen LogP contribution in [0.3, 0.4) is 0 Å². The van der Waals surface area contributed by atoms with Gasteiger partial charge in [0.1, 0.15) is 11.2 Å². The quantitative estimate of drug-likeness (QED) is 0.207. The van der Waals surface area contributed by atoms with Crippen LogP contribution in [0.15, 0.2) is 91.1 Å². The zero-order chi connectivity index (χ0) is 29.4. The monoisotopic (exact) mass is 577 g/mol. The number of carbonyl (C=O) groups is 2. The predicted molar refractivity (Wildman–Crippen MR) is 156 cm³/mol. The van der Waals surface area contributed by atoms with Gasteiger partial charge < -0.3 is 16.4 Å². The molecule has 0 saturated heterocycles. The van der Waals surface area contributed by atoms with Crippen LogP contribution in [0.4, 0.5) is 13.2 Å². The second kappa shape index (κ2) is 17.2. The fraction of sp³-hybridized carbons (Fsp3) is 0.172. The van der Waals surface area contributed by atoms with Crippen molar-refractivity contribution in [1.82, 2.24) is 10.6 Å². The minimum atomic E-state index is -4.42. The first-order valence-corrected chi connectivity index (χ1v) is 12.7. The van der Waals surface area contributed by atoms with Gasteiger partial charge in [0, 0.05) is 17.3 Å². The highest BCUT2D eigenvalue weighted by Crippen LogP contribution is 2.29. The third-order valence-electron chi connectivity index (χ3n) is 4.74. The Morgan fingerprint density at radius 2 is 1.54 bits per heavy atom. The van der Waals surface area contributed by atoms with Crippen molar-refractivity contribution in [1.29, 1.82) is 0 Å². The van der Waals surface area contributed by atoms with E-state index >= 15 is 0 Å². The Kier molecular flexibility index (Phi) is 14.8. The van der Waals surface area contributed by atoms with Crippen LogP contribution in [-0.2, 0) is 22.3 Å². The lowest BCUT2D eigenvalue weighted by Crippen LogP contribution is -2.25. The molecular weight excluding hydrogens is 546 g/mol. The number of rotatable bonds is 8. The average Bonchev–Trinajstić information content (AvgIpc) is 2.88. The van der Waals surface area contributed by atoms with E-state index in [4.69, 9.17) is 17.3 Å². The Labute approximate surface area is 234 Å². The first kappa shape index (κ1) is 33.6. The number of primary amides is 1. The van der Waals surface area contributed by atoms with E-state index in [1.165, 1.54) is 30.7 Å². The van der Waals surface area contributed by atoms with Crippen LogP contribution in [0.25, 0.3) is 11.8 Å². The van der Waals surface area contributed by atoms with E-state index < -0.39 is 17.6 Å². The van der Waals surface area contributed by atoms with E-state index in [0.717, 1.165) is 25.2 Å². The Hall–Kier alpha value is -3.45. The van der Waals surface area contributed by atoms with Gasteiger partial charge in [-0.2, -0.15) is 13.2 Å². The summed E-state index contributed by atoms with van der Waals surface area (Å²) in [5.41, 5.74) is 7.19. The van der Waals surface area contributed by atoms with Crippen LogP contribution >= 0.6 is 20.8 Å². The summed E-state index contributed by atoms with van der Waals surface area (Å²) in [6, 6.07) is 21.6. The summed E-state index contributed by atoms with van der Waals surface area (Å²) in [4.78, 5) is 21.0. The summed E-state index contributed by atoms with van der Waals surface area (Å²) in [5.74, 6) is -0.756. The van der Waals surface area contributed by atoms with E-state index in [-0.39, 0.29) is 16.9 Å². The normalized spacial score (nSPS) is 10.8. The van der Waals surface area contributed by atoms with Crippen LogP contribution in [-0.4, -0.2) is 18.0 Å². The SMILES string of the molecule is C=C(N/C(=C/c1ccccc1Cl)C(N)=O)c1ccc(C(F)(F)F)cc1.CC(=O)P.CCNCc1ccccc1. The van der Waals surface area contributed by atoms with Gasteiger partial charge in [-0.25, -0.2) is 0 Å². The van der Waals surface area contributed by atoms with Crippen molar-refractivity contribution in [3.05, 3.63) is 118 Å². The van der Waals surface area contributed by atoms with E-state index in [1.807, 2.05) is 15.3 Å². The van der Waals surface area contributed by atoms with Crippen LogP contribution in [0.5, 0.6) is 0 Å². The lowest BCUT2D eigenvalue weighted by atomic mass is 10.1. The number of benzene rings is 3. The number of alkyl halides is 3. The first-order valence-electron chi connectivity index (χ1n) is 11.7. The molecule has 10 heteroatoms. The molecule has 0 spiro atoms. The molecule has 0 heterocycles. The maximum absolute atomic E-state index is 12.6. The van der Waals surface area contributed by atoms with Crippen molar-refractivity contribution >= 4 is 44.0 Å². The molecule has 0 radical (unpaired) electrons. The van der Waals surface area contributed by atoms with Crippen molar-refractivity contribution in [2.24, 2.45) is 5.73 Å². The fourth-order valence-corrected chi connectivity index (χ4v) is 3.07. The average molecular weight is 578 g/mol. The largest absolute Gasteiger partial charge is 0.416 e. The van der Waals surface area contributed by atoms with Gasteiger partial charge in [0.25, 0.3) is 5.91 Å². The number of nitrogens with one attached hydrogen (secondary N) is 2. The molecule has 5 nitrogen and oxygen atoms in total. The summed E-state index contributed by atoms with van der Waals surface area (Å²) < 4.78 is 37.8. The van der Waals surface area contributed by atoms with Crippen molar-refractivity contribution in [3.8, 4) is 0 Å². The van der Waals surface area contributed by atoms with Crippen molar-refractivity contribution in [2.75, 3.05) is 6.54 Å². The number of hydrogen-bond acceptors (Lipinski definition) is 4. The van der Waals surface area contributed by atoms with Gasteiger partial charge in [-0.15, -0.1) is 0 Å². The Bertz CT molecular complexity index is 1240. The maximum atomic E-state index is 12.6. The molecule has 0 aliphatic heterocycles. The Morgan fingerprint density at radius 3 is 2.03 bits per heavy atom. The molecular formula is C29H32ClF3N3O2P. The van der Waals surface area contributed by atoms with E-state index in [2.05, 4.69) is 48.4 Å². The van der Waals surface area contributed by atoms with Crippen LogP contribution < -0.4 is 16.4 Å². The van der Waals surface area contributed by atoms with Gasteiger partial charge in [0.2, 0.25) is 0 Å². The van der Waals surface area contributed by atoms with Gasteiger partial charge in [0.15, 0.2) is 0 Å². The highest BCUT2D eigenvalue weighted by molar-refractivity contribution is 7.39. The molecule has 0 aromatic heterocycles. The molecule has 39 heavy (non-hydrogen) atoms. The summed E-state index contributed by atoms with van der Waals surface area (Å²) >= 11 is 6.03. The lowest BCUT2D eigenvalue weighted by molar-refractivity contribution is -0.137. The molecule has 1 unspecified atom stereocenters. The Morgan fingerprint density at radius 1 is 1.00 bits per heavy atom. The van der Waals surface area contributed by atoms with Crippen LogP contribution in [0.1, 0.15) is 36.1 Å². The molecule has 1 amide bonds. The van der Waals surface area contributed by atoms with Crippen molar-refractivity contribution in [3.63, 3.8) is 0 Å². The third-order valence-corrected chi connectivity index (χ3v) is 5.08. The molecule has 0 bridgehead atoms. The van der Waals surface area contributed by atoms with Crippen molar-refractivity contribution < 1.29 is 22.8 Å². The van der Waals surface area contributed by atoms with Gasteiger partial charge in [-0.05, 0) is 54.4 Å². The maximum Gasteiger partial charge on any atom is 0.416 e. The molecule has 0 aliphatic carbocycles. The summed E-state index contributed by atoms with van der Waals surface area (Å²) in [6.07, 6.45) is -2.98. The fourth-order valence-electron chi connectivity index (χ4n) is 2.88. The van der Waals surface area contributed by atoms with Crippen LogP contribution in [0, 0.1) is 0 Å².